The Labute approximate surface area is 213 Å². The summed E-state index contributed by atoms with van der Waals surface area (Å²) in [6.07, 6.45) is 10.6. The fraction of sp³-hybridized carbons (Fsp3) is 0.188. The second-order valence-corrected chi connectivity index (χ2v) is 9.13. The van der Waals surface area contributed by atoms with Gasteiger partial charge in [-0.15, -0.1) is 0 Å². The molecule has 3 aromatic carbocycles. The van der Waals surface area contributed by atoms with Gasteiger partial charge in [-0.05, 0) is 47.6 Å². The molecule has 0 aliphatic rings. The molecule has 1 unspecified atom stereocenters. The van der Waals surface area contributed by atoms with Gasteiger partial charge in [0.25, 0.3) is 0 Å². The molecule has 2 aromatic heterocycles. The van der Waals surface area contributed by atoms with Crippen molar-refractivity contribution in [3.8, 4) is 0 Å². The highest BCUT2D eigenvalue weighted by molar-refractivity contribution is 5.50. The van der Waals surface area contributed by atoms with E-state index < -0.39 is 11.6 Å². The molecular formula is C32H31N3O. The van der Waals surface area contributed by atoms with Crippen LogP contribution in [-0.4, -0.2) is 19.6 Å². The summed E-state index contributed by atoms with van der Waals surface area (Å²) in [6.45, 7) is 0. The molecule has 0 spiro atoms. The lowest BCUT2D eigenvalue weighted by Gasteiger charge is -2.37. The van der Waals surface area contributed by atoms with E-state index in [0.29, 0.717) is 6.42 Å². The van der Waals surface area contributed by atoms with E-state index in [-0.39, 0.29) is 0 Å². The number of aryl methyl sites for hydroxylation is 1. The molecule has 4 nitrogen and oxygen atoms in total. The van der Waals surface area contributed by atoms with Crippen LogP contribution in [0.5, 0.6) is 0 Å². The molecule has 0 radical (unpaired) electrons. The molecule has 0 saturated heterocycles. The van der Waals surface area contributed by atoms with Crippen molar-refractivity contribution in [2.45, 2.75) is 37.3 Å². The number of benzene rings is 3. The van der Waals surface area contributed by atoms with E-state index in [2.05, 4.69) is 107 Å². The van der Waals surface area contributed by atoms with Gasteiger partial charge in [0, 0.05) is 18.6 Å². The number of unbranched alkanes of at least 4 members (excludes halogenated alkanes) is 1. The van der Waals surface area contributed by atoms with Crippen LogP contribution in [0.1, 0.15) is 53.3 Å². The molecule has 4 heteroatoms. The number of pyridine rings is 1. The molecule has 2 heterocycles. The Morgan fingerprint density at radius 1 is 0.722 bits per heavy atom. The van der Waals surface area contributed by atoms with E-state index in [0.717, 1.165) is 30.5 Å². The summed E-state index contributed by atoms with van der Waals surface area (Å²) in [4.78, 5) is 8.93. The van der Waals surface area contributed by atoms with E-state index in [9.17, 15) is 5.11 Å². The molecule has 5 rings (SSSR count). The predicted octanol–water partition coefficient (Wildman–Crippen LogP) is 6.56. The third-order valence-electron chi connectivity index (χ3n) is 6.83. The van der Waals surface area contributed by atoms with Gasteiger partial charge >= 0.3 is 0 Å². The lowest BCUT2D eigenvalue weighted by atomic mass is 9.77. The summed E-state index contributed by atoms with van der Waals surface area (Å²) in [5.41, 5.74) is 4.95. The van der Waals surface area contributed by atoms with E-state index in [1.807, 2.05) is 18.5 Å². The first-order valence-electron chi connectivity index (χ1n) is 12.6. The maximum atomic E-state index is 10.4. The summed E-state index contributed by atoms with van der Waals surface area (Å²) in [7, 11) is 0. The standard InChI is InChI=1S/C32H31N3O/c36-31(26-13-12-22-33-23-26)21-11-10-20-30-24-35(25-34-30)32(27-14-4-1-5-15-27,28-16-6-2-7-17-28)29-18-8-3-9-19-29/h1-9,12-19,22-25,31,36H,10-11,20-21H2. The lowest BCUT2D eigenvalue weighted by molar-refractivity contribution is 0.163. The Balaban J connectivity index is 1.43. The zero-order valence-electron chi connectivity index (χ0n) is 20.3. The second kappa shape index (κ2) is 11.1. The van der Waals surface area contributed by atoms with Crippen LogP contribution in [0, 0.1) is 0 Å². The van der Waals surface area contributed by atoms with Crippen molar-refractivity contribution in [3.05, 3.63) is 156 Å². The smallest absolute Gasteiger partial charge is 0.121 e. The zero-order valence-corrected chi connectivity index (χ0v) is 20.3. The molecule has 180 valence electrons. The minimum atomic E-state index is -0.536. The van der Waals surface area contributed by atoms with Crippen LogP contribution in [0.4, 0.5) is 0 Å². The van der Waals surface area contributed by atoms with Gasteiger partial charge in [0.05, 0.1) is 18.1 Å². The monoisotopic (exact) mass is 473 g/mol. The fourth-order valence-electron chi connectivity index (χ4n) is 5.04. The fourth-order valence-corrected chi connectivity index (χ4v) is 5.04. The first-order valence-corrected chi connectivity index (χ1v) is 12.6. The highest BCUT2D eigenvalue weighted by Gasteiger charge is 2.38. The molecule has 36 heavy (non-hydrogen) atoms. The lowest BCUT2D eigenvalue weighted by Crippen LogP contribution is -2.36. The van der Waals surface area contributed by atoms with Gasteiger partial charge in [0.15, 0.2) is 0 Å². The molecule has 0 saturated carbocycles. The molecule has 0 aliphatic heterocycles. The first-order chi connectivity index (χ1) is 17.8. The van der Waals surface area contributed by atoms with E-state index in [1.54, 1.807) is 12.4 Å². The average Bonchev–Trinajstić information content (AvgIpc) is 3.43. The summed E-state index contributed by atoms with van der Waals surface area (Å²) in [5.74, 6) is 0. The van der Waals surface area contributed by atoms with Gasteiger partial charge in [-0.25, -0.2) is 4.98 Å². The van der Waals surface area contributed by atoms with E-state index >= 15 is 0 Å². The summed E-state index contributed by atoms with van der Waals surface area (Å²) < 4.78 is 2.26. The van der Waals surface area contributed by atoms with Crippen LogP contribution in [0.3, 0.4) is 0 Å². The Hall–Kier alpha value is -4.02. The van der Waals surface area contributed by atoms with Crippen LogP contribution < -0.4 is 0 Å². The molecule has 0 bridgehead atoms. The molecular weight excluding hydrogens is 442 g/mol. The van der Waals surface area contributed by atoms with Crippen molar-refractivity contribution in [1.82, 2.24) is 14.5 Å². The van der Waals surface area contributed by atoms with Crippen molar-refractivity contribution >= 4 is 0 Å². The number of hydrogen-bond acceptors (Lipinski definition) is 3. The quantitative estimate of drug-likeness (QED) is 0.184. The van der Waals surface area contributed by atoms with Gasteiger partial charge in [-0.2, -0.15) is 0 Å². The number of hydrogen-bond donors (Lipinski definition) is 1. The third kappa shape index (κ3) is 4.86. The topological polar surface area (TPSA) is 50.9 Å². The van der Waals surface area contributed by atoms with Crippen molar-refractivity contribution in [2.24, 2.45) is 0 Å². The summed E-state index contributed by atoms with van der Waals surface area (Å²) in [5, 5.41) is 10.4. The van der Waals surface area contributed by atoms with Gasteiger partial charge in [0.1, 0.15) is 5.54 Å². The van der Waals surface area contributed by atoms with E-state index in [4.69, 9.17) is 4.98 Å². The van der Waals surface area contributed by atoms with Crippen molar-refractivity contribution in [3.63, 3.8) is 0 Å². The second-order valence-electron chi connectivity index (χ2n) is 9.13. The molecule has 0 aliphatic carbocycles. The Morgan fingerprint density at radius 3 is 1.83 bits per heavy atom. The first kappa shape index (κ1) is 23.7. The average molecular weight is 474 g/mol. The molecule has 0 fully saturated rings. The van der Waals surface area contributed by atoms with Crippen LogP contribution in [0.15, 0.2) is 128 Å². The number of aromatic nitrogens is 3. The Morgan fingerprint density at radius 2 is 1.31 bits per heavy atom. The zero-order chi connectivity index (χ0) is 24.6. The maximum Gasteiger partial charge on any atom is 0.121 e. The molecule has 1 atom stereocenters. The molecule has 0 amide bonds. The van der Waals surface area contributed by atoms with E-state index in [1.165, 1.54) is 16.7 Å². The third-order valence-corrected chi connectivity index (χ3v) is 6.83. The van der Waals surface area contributed by atoms with Crippen LogP contribution in [0.2, 0.25) is 0 Å². The van der Waals surface area contributed by atoms with Crippen LogP contribution in [0.25, 0.3) is 0 Å². The number of aliphatic hydroxyl groups excluding tert-OH is 1. The van der Waals surface area contributed by atoms with Crippen LogP contribution >= 0.6 is 0 Å². The summed E-state index contributed by atoms with van der Waals surface area (Å²) >= 11 is 0. The van der Waals surface area contributed by atoms with Gasteiger partial charge in [0.2, 0.25) is 0 Å². The largest absolute Gasteiger partial charge is 0.388 e. The highest BCUT2D eigenvalue weighted by atomic mass is 16.3. The molecule has 5 aromatic rings. The normalized spacial score (nSPS) is 12.4. The minimum absolute atomic E-state index is 0.474. The minimum Gasteiger partial charge on any atom is -0.388 e. The van der Waals surface area contributed by atoms with Crippen molar-refractivity contribution < 1.29 is 5.11 Å². The maximum absolute atomic E-state index is 10.4. The van der Waals surface area contributed by atoms with Crippen molar-refractivity contribution in [1.29, 1.82) is 0 Å². The molecule has 1 N–H and O–H groups in total. The highest BCUT2D eigenvalue weighted by Crippen LogP contribution is 2.40. The number of imidazole rings is 1. The predicted molar refractivity (Wildman–Crippen MR) is 144 cm³/mol. The van der Waals surface area contributed by atoms with Gasteiger partial charge in [-0.1, -0.05) is 103 Å². The summed E-state index contributed by atoms with van der Waals surface area (Å²) in [6, 6.07) is 35.7. The Kier molecular flexibility index (Phi) is 7.34. The van der Waals surface area contributed by atoms with Crippen molar-refractivity contribution in [2.75, 3.05) is 0 Å². The number of nitrogens with zero attached hydrogens (tertiary/aromatic N) is 3. The number of aliphatic hydroxyl groups is 1. The Bertz CT molecular complexity index is 1240. The van der Waals surface area contributed by atoms with Gasteiger partial charge in [-0.3, -0.25) is 4.98 Å². The number of rotatable bonds is 10. The van der Waals surface area contributed by atoms with Crippen LogP contribution in [-0.2, 0) is 12.0 Å². The van der Waals surface area contributed by atoms with Gasteiger partial charge < -0.3 is 9.67 Å². The SMILES string of the molecule is OC(CCCCc1cn(C(c2ccccc2)(c2ccccc2)c2ccccc2)cn1)c1cccnc1.